The molecule has 1 rings (SSSR count). The number of benzene rings is 1. The summed E-state index contributed by atoms with van der Waals surface area (Å²) in [5.74, 6) is -0.689. The van der Waals surface area contributed by atoms with Crippen LogP contribution >= 0.6 is 27.5 Å². The van der Waals surface area contributed by atoms with Gasteiger partial charge >= 0.3 is 0 Å². The van der Waals surface area contributed by atoms with Gasteiger partial charge in [0.15, 0.2) is 16.9 Å². The van der Waals surface area contributed by atoms with E-state index >= 15 is 0 Å². The molecule has 1 atom stereocenters. The zero-order valence-electron chi connectivity index (χ0n) is 7.46. The average Bonchev–Trinajstić information content (AvgIpc) is 2.16. The number of ketones is 2. The van der Waals surface area contributed by atoms with Gasteiger partial charge in [-0.15, -0.1) is 11.6 Å². The van der Waals surface area contributed by atoms with Gasteiger partial charge < -0.3 is 0 Å². The van der Waals surface area contributed by atoms with Crippen LogP contribution in [-0.2, 0) is 4.79 Å². The van der Waals surface area contributed by atoms with Gasteiger partial charge in [-0.1, -0.05) is 28.1 Å². The van der Waals surface area contributed by atoms with Crippen LogP contribution < -0.4 is 0 Å². The molecule has 14 heavy (non-hydrogen) atoms. The molecule has 0 aromatic heterocycles. The summed E-state index contributed by atoms with van der Waals surface area (Å²) in [5.41, 5.74) is 0.448. The van der Waals surface area contributed by atoms with Gasteiger partial charge in [0.25, 0.3) is 0 Å². The van der Waals surface area contributed by atoms with Crippen LogP contribution in [0.2, 0.25) is 0 Å². The number of carbonyl (C=O) groups is 2. The molecule has 0 heterocycles. The molecule has 0 radical (unpaired) electrons. The van der Waals surface area contributed by atoms with Crippen molar-refractivity contribution in [1.29, 1.82) is 0 Å². The number of carbonyl (C=O) groups excluding carboxylic acids is 2. The van der Waals surface area contributed by atoms with Gasteiger partial charge in [0, 0.05) is 10.0 Å². The van der Waals surface area contributed by atoms with E-state index in [9.17, 15) is 9.59 Å². The first-order valence-electron chi connectivity index (χ1n) is 3.96. The Labute approximate surface area is 95.4 Å². The minimum Gasteiger partial charge on any atom is -0.298 e. The summed E-state index contributed by atoms with van der Waals surface area (Å²) in [6.07, 6.45) is 0. The smallest absolute Gasteiger partial charge is 0.188 e. The monoisotopic (exact) mass is 274 g/mol. The highest BCUT2D eigenvalue weighted by atomic mass is 79.9. The molecule has 0 aliphatic carbocycles. The largest absolute Gasteiger partial charge is 0.298 e. The van der Waals surface area contributed by atoms with Crippen LogP contribution in [0, 0.1) is 0 Å². The zero-order valence-corrected chi connectivity index (χ0v) is 9.80. The van der Waals surface area contributed by atoms with E-state index in [4.69, 9.17) is 11.6 Å². The third kappa shape index (κ3) is 2.66. The van der Waals surface area contributed by atoms with Crippen LogP contribution in [0.1, 0.15) is 17.3 Å². The van der Waals surface area contributed by atoms with Crippen LogP contribution in [0.3, 0.4) is 0 Å². The van der Waals surface area contributed by atoms with Gasteiger partial charge in [-0.25, -0.2) is 0 Å². The van der Waals surface area contributed by atoms with Crippen molar-refractivity contribution in [2.75, 3.05) is 0 Å². The van der Waals surface area contributed by atoms with E-state index in [1.165, 1.54) is 6.92 Å². The maximum Gasteiger partial charge on any atom is 0.188 e. The Bertz CT molecular complexity index is 359. The summed E-state index contributed by atoms with van der Waals surface area (Å²) >= 11 is 8.88. The summed E-state index contributed by atoms with van der Waals surface area (Å²) in [4.78, 5) is 22.4. The normalized spacial score (nSPS) is 12.2. The summed E-state index contributed by atoms with van der Waals surface area (Å²) in [5, 5.41) is -1.07. The van der Waals surface area contributed by atoms with Crippen LogP contribution in [0.5, 0.6) is 0 Å². The number of rotatable bonds is 3. The van der Waals surface area contributed by atoms with Crippen molar-refractivity contribution in [3.8, 4) is 0 Å². The van der Waals surface area contributed by atoms with E-state index in [1.807, 2.05) is 0 Å². The standard InChI is InChI=1S/C10H8BrClO2/c1-6(13)9(12)10(14)7-2-4-8(11)5-3-7/h2-5,9H,1H3. The SMILES string of the molecule is CC(=O)C(Cl)C(=O)c1ccc(Br)cc1. The van der Waals surface area contributed by atoms with Gasteiger partial charge in [0.05, 0.1) is 0 Å². The topological polar surface area (TPSA) is 34.1 Å². The molecule has 0 saturated heterocycles. The first-order valence-corrected chi connectivity index (χ1v) is 5.19. The summed E-state index contributed by atoms with van der Waals surface area (Å²) in [6, 6.07) is 6.73. The molecule has 1 aromatic rings. The molecule has 0 bridgehead atoms. The zero-order chi connectivity index (χ0) is 10.7. The second kappa shape index (κ2) is 4.71. The van der Waals surface area contributed by atoms with E-state index in [2.05, 4.69) is 15.9 Å². The van der Waals surface area contributed by atoms with Crippen LogP contribution in [0.25, 0.3) is 0 Å². The lowest BCUT2D eigenvalue weighted by Crippen LogP contribution is -2.22. The van der Waals surface area contributed by atoms with Crippen molar-refractivity contribution >= 4 is 39.1 Å². The lowest BCUT2D eigenvalue weighted by Gasteiger charge is -2.04. The Kier molecular flexibility index (Phi) is 3.84. The molecule has 0 saturated carbocycles. The Balaban J connectivity index is 2.90. The Hall–Kier alpha value is -0.670. The molecule has 0 spiro atoms. The first-order chi connectivity index (χ1) is 6.52. The van der Waals surface area contributed by atoms with Gasteiger partial charge in [-0.05, 0) is 19.1 Å². The third-order valence-corrected chi connectivity index (χ3v) is 2.75. The second-order valence-corrected chi connectivity index (χ2v) is 4.20. The summed E-state index contributed by atoms with van der Waals surface area (Å²) in [6.45, 7) is 1.30. The third-order valence-electron chi connectivity index (χ3n) is 1.72. The number of halogens is 2. The number of Topliss-reactive ketones (excluding diaryl/α,β-unsaturated/α-hetero) is 2. The molecule has 0 aliphatic heterocycles. The van der Waals surface area contributed by atoms with Crippen molar-refractivity contribution < 1.29 is 9.59 Å². The number of hydrogen-bond acceptors (Lipinski definition) is 2. The van der Waals surface area contributed by atoms with E-state index in [0.29, 0.717) is 5.56 Å². The molecule has 2 nitrogen and oxygen atoms in total. The molecule has 0 aliphatic rings. The van der Waals surface area contributed by atoms with Crippen LogP contribution in [-0.4, -0.2) is 16.9 Å². The van der Waals surface area contributed by atoms with E-state index in [-0.39, 0.29) is 11.6 Å². The van der Waals surface area contributed by atoms with Gasteiger partial charge in [0.2, 0.25) is 0 Å². The molecule has 0 amide bonds. The fourth-order valence-electron chi connectivity index (χ4n) is 0.945. The van der Waals surface area contributed by atoms with Crippen LogP contribution in [0.4, 0.5) is 0 Å². The van der Waals surface area contributed by atoms with Gasteiger partial charge in [-0.2, -0.15) is 0 Å². The number of alkyl halides is 1. The van der Waals surface area contributed by atoms with Crippen molar-refractivity contribution in [3.05, 3.63) is 34.3 Å². The minimum atomic E-state index is -1.07. The van der Waals surface area contributed by atoms with E-state index in [1.54, 1.807) is 24.3 Å². The molecular formula is C10H8BrClO2. The quantitative estimate of drug-likeness (QED) is 0.483. The number of hydrogen-bond donors (Lipinski definition) is 0. The van der Waals surface area contributed by atoms with Crippen molar-refractivity contribution in [2.24, 2.45) is 0 Å². The minimum absolute atomic E-state index is 0.334. The van der Waals surface area contributed by atoms with Gasteiger partial charge in [0.1, 0.15) is 0 Å². The second-order valence-electron chi connectivity index (χ2n) is 2.84. The van der Waals surface area contributed by atoms with Crippen molar-refractivity contribution in [3.63, 3.8) is 0 Å². The van der Waals surface area contributed by atoms with Gasteiger partial charge in [-0.3, -0.25) is 9.59 Å². The maximum atomic E-state index is 11.5. The molecule has 74 valence electrons. The highest BCUT2D eigenvalue weighted by molar-refractivity contribution is 9.10. The Morgan fingerprint density at radius 2 is 1.79 bits per heavy atom. The van der Waals surface area contributed by atoms with Crippen molar-refractivity contribution in [1.82, 2.24) is 0 Å². The fourth-order valence-corrected chi connectivity index (χ4v) is 1.34. The predicted molar refractivity (Wildman–Crippen MR) is 58.8 cm³/mol. The van der Waals surface area contributed by atoms with Crippen molar-refractivity contribution in [2.45, 2.75) is 12.3 Å². The lowest BCUT2D eigenvalue weighted by molar-refractivity contribution is -0.115. The molecular weight excluding hydrogens is 267 g/mol. The summed E-state index contributed by atoms with van der Waals surface area (Å²) in [7, 11) is 0. The average molecular weight is 276 g/mol. The first kappa shape index (κ1) is 11.4. The van der Waals surface area contributed by atoms with E-state index in [0.717, 1.165) is 4.47 Å². The fraction of sp³-hybridized carbons (Fsp3) is 0.200. The lowest BCUT2D eigenvalue weighted by atomic mass is 10.1. The molecule has 1 aromatic carbocycles. The summed E-state index contributed by atoms with van der Waals surface area (Å²) < 4.78 is 0.878. The van der Waals surface area contributed by atoms with Crippen LogP contribution in [0.15, 0.2) is 28.7 Å². The molecule has 1 unspecified atom stereocenters. The highest BCUT2D eigenvalue weighted by Gasteiger charge is 2.21. The maximum absolute atomic E-state index is 11.5. The predicted octanol–water partition coefficient (Wildman–Crippen LogP) is 2.83. The Morgan fingerprint density at radius 1 is 1.29 bits per heavy atom. The molecule has 0 fully saturated rings. The molecule has 4 heteroatoms. The van der Waals surface area contributed by atoms with E-state index < -0.39 is 5.38 Å². The Morgan fingerprint density at radius 3 is 2.21 bits per heavy atom. The molecule has 0 N–H and O–H groups in total. The highest BCUT2D eigenvalue weighted by Crippen LogP contribution is 2.14.